The molecule has 1 aromatic heterocycles. The van der Waals surface area contributed by atoms with Crippen LogP contribution in [-0.4, -0.2) is 86.8 Å². The summed E-state index contributed by atoms with van der Waals surface area (Å²) in [5.74, 6) is 1.95. The minimum atomic E-state index is 0.794. The Bertz CT molecular complexity index is 820. The molecule has 0 aliphatic carbocycles. The van der Waals surface area contributed by atoms with Gasteiger partial charge in [0.05, 0.1) is 12.3 Å². The summed E-state index contributed by atoms with van der Waals surface area (Å²) in [4.78, 5) is 19.4. The Balaban J connectivity index is 1.54. The quantitative estimate of drug-likeness (QED) is 0.691. The van der Waals surface area contributed by atoms with Gasteiger partial charge < -0.3 is 14.5 Å². The largest absolute Gasteiger partial charge is 0.383 e. The monoisotopic (exact) mass is 410 g/mol. The van der Waals surface area contributed by atoms with Crippen LogP contribution in [0.15, 0.2) is 30.3 Å². The van der Waals surface area contributed by atoms with Gasteiger partial charge in [-0.15, -0.1) is 0 Å². The molecule has 0 radical (unpaired) electrons. The molecule has 1 aromatic carbocycles. The van der Waals surface area contributed by atoms with Gasteiger partial charge in [-0.25, -0.2) is 4.98 Å². The van der Waals surface area contributed by atoms with Crippen molar-refractivity contribution in [2.24, 2.45) is 0 Å². The number of aromatic nitrogens is 2. The Morgan fingerprint density at radius 1 is 0.967 bits per heavy atom. The van der Waals surface area contributed by atoms with Crippen molar-refractivity contribution in [2.75, 3.05) is 76.9 Å². The summed E-state index contributed by atoms with van der Waals surface area (Å²) in [5, 5.41) is 0. The fourth-order valence-corrected chi connectivity index (χ4v) is 4.28. The van der Waals surface area contributed by atoms with Crippen molar-refractivity contribution in [1.29, 1.82) is 0 Å². The van der Waals surface area contributed by atoms with Crippen molar-refractivity contribution >= 4 is 11.8 Å². The highest BCUT2D eigenvalue weighted by Gasteiger charge is 2.27. The summed E-state index contributed by atoms with van der Waals surface area (Å²) < 4.78 is 5.25. The molecule has 0 bridgehead atoms. The van der Waals surface area contributed by atoms with Crippen LogP contribution in [0, 0.1) is 0 Å². The molecule has 0 amide bonds. The van der Waals surface area contributed by atoms with Crippen LogP contribution < -0.4 is 9.80 Å². The highest BCUT2D eigenvalue weighted by molar-refractivity contribution is 5.54. The van der Waals surface area contributed by atoms with Gasteiger partial charge in [0.15, 0.2) is 0 Å². The van der Waals surface area contributed by atoms with E-state index in [2.05, 4.69) is 45.0 Å². The van der Waals surface area contributed by atoms with Crippen LogP contribution in [0.4, 0.5) is 11.8 Å². The van der Waals surface area contributed by atoms with E-state index in [1.54, 1.807) is 7.11 Å². The fraction of sp³-hybridized carbons (Fsp3) is 0.565. The molecule has 2 aliphatic rings. The summed E-state index contributed by atoms with van der Waals surface area (Å²) in [7, 11) is 5.82. The predicted molar refractivity (Wildman–Crippen MR) is 121 cm³/mol. The lowest BCUT2D eigenvalue weighted by atomic mass is 10.0. The second-order valence-corrected chi connectivity index (χ2v) is 8.43. The molecular weight excluding hydrogens is 376 g/mol. The smallest absolute Gasteiger partial charge is 0.227 e. The second kappa shape index (κ2) is 9.73. The molecule has 2 aliphatic heterocycles. The van der Waals surface area contributed by atoms with Gasteiger partial charge in [-0.3, -0.25) is 9.80 Å². The third-order valence-corrected chi connectivity index (χ3v) is 6.04. The van der Waals surface area contributed by atoms with E-state index in [0.717, 1.165) is 77.2 Å². The average Bonchev–Trinajstić information content (AvgIpc) is 2.78. The lowest BCUT2D eigenvalue weighted by Gasteiger charge is -2.38. The van der Waals surface area contributed by atoms with E-state index in [4.69, 9.17) is 14.7 Å². The van der Waals surface area contributed by atoms with E-state index >= 15 is 0 Å². The number of rotatable bonds is 7. The molecule has 0 saturated carbocycles. The molecule has 1 fully saturated rings. The van der Waals surface area contributed by atoms with E-state index in [9.17, 15) is 0 Å². The van der Waals surface area contributed by atoms with Gasteiger partial charge in [0.1, 0.15) is 5.82 Å². The minimum Gasteiger partial charge on any atom is -0.383 e. The third kappa shape index (κ3) is 4.91. The van der Waals surface area contributed by atoms with Gasteiger partial charge in [0.25, 0.3) is 0 Å². The van der Waals surface area contributed by atoms with Crippen LogP contribution in [0.5, 0.6) is 0 Å². The van der Waals surface area contributed by atoms with Crippen molar-refractivity contribution < 1.29 is 4.74 Å². The number of benzene rings is 1. The molecule has 30 heavy (non-hydrogen) atoms. The molecule has 0 atom stereocenters. The molecule has 7 nitrogen and oxygen atoms in total. The van der Waals surface area contributed by atoms with E-state index in [1.807, 2.05) is 19.0 Å². The maximum atomic E-state index is 5.25. The lowest BCUT2D eigenvalue weighted by molar-refractivity contribution is 0.143. The number of anilines is 2. The molecule has 162 valence electrons. The number of nitrogens with zero attached hydrogens (tertiary/aromatic N) is 6. The molecule has 7 heteroatoms. The highest BCUT2D eigenvalue weighted by Crippen LogP contribution is 2.30. The Hall–Kier alpha value is -2.22. The number of hydrogen-bond acceptors (Lipinski definition) is 7. The van der Waals surface area contributed by atoms with Gasteiger partial charge >= 0.3 is 0 Å². The Kier molecular flexibility index (Phi) is 6.82. The molecule has 4 rings (SSSR count). The van der Waals surface area contributed by atoms with Crippen LogP contribution in [-0.2, 0) is 24.2 Å². The summed E-state index contributed by atoms with van der Waals surface area (Å²) in [6, 6.07) is 10.7. The van der Waals surface area contributed by atoms with Gasteiger partial charge in [-0.2, -0.15) is 4.98 Å². The number of hydrogen-bond donors (Lipinski definition) is 0. The van der Waals surface area contributed by atoms with Gasteiger partial charge in [0.2, 0.25) is 5.95 Å². The fourth-order valence-electron chi connectivity index (χ4n) is 4.28. The summed E-state index contributed by atoms with van der Waals surface area (Å²) in [5.41, 5.74) is 3.89. The first-order chi connectivity index (χ1) is 14.6. The van der Waals surface area contributed by atoms with E-state index in [0.29, 0.717) is 0 Å². The molecule has 1 saturated heterocycles. The second-order valence-electron chi connectivity index (χ2n) is 8.43. The van der Waals surface area contributed by atoms with Crippen molar-refractivity contribution in [3.8, 4) is 0 Å². The topological polar surface area (TPSA) is 48.0 Å². The summed E-state index contributed by atoms with van der Waals surface area (Å²) in [6.45, 7) is 8.81. The predicted octanol–water partition coefficient (Wildman–Crippen LogP) is 1.87. The number of piperazine rings is 1. The normalized spacial score (nSPS) is 17.8. The van der Waals surface area contributed by atoms with Crippen LogP contribution in [0.1, 0.15) is 16.8 Å². The first-order valence-electron chi connectivity index (χ1n) is 10.9. The van der Waals surface area contributed by atoms with Crippen molar-refractivity contribution in [2.45, 2.75) is 19.5 Å². The standard InChI is InChI=1S/C23H34N6O/c1-26(2)23-24-21-9-10-28(17-19-7-5-4-6-8-19)18-20(21)22(25-23)29-13-11-27(12-14-29)15-16-30-3/h4-8H,9-18H2,1-3H3. The maximum Gasteiger partial charge on any atom is 0.227 e. The molecule has 0 spiro atoms. The first-order valence-corrected chi connectivity index (χ1v) is 10.9. The third-order valence-electron chi connectivity index (χ3n) is 6.04. The van der Waals surface area contributed by atoms with Gasteiger partial charge in [-0.05, 0) is 5.56 Å². The number of methoxy groups -OCH3 is 1. The average molecular weight is 411 g/mol. The minimum absolute atomic E-state index is 0.794. The van der Waals surface area contributed by atoms with E-state index < -0.39 is 0 Å². The SMILES string of the molecule is COCCN1CCN(c2nc(N(C)C)nc3c2CN(Cc2ccccc2)CC3)CC1. The maximum absolute atomic E-state index is 5.25. The van der Waals surface area contributed by atoms with Gasteiger partial charge in [0, 0.05) is 85.5 Å². The zero-order valence-electron chi connectivity index (χ0n) is 18.5. The lowest BCUT2D eigenvalue weighted by Crippen LogP contribution is -2.48. The number of fused-ring (bicyclic) bond motifs is 1. The molecule has 0 unspecified atom stereocenters. The van der Waals surface area contributed by atoms with Crippen molar-refractivity contribution in [1.82, 2.24) is 19.8 Å². The molecule has 0 N–H and O–H groups in total. The van der Waals surface area contributed by atoms with Crippen molar-refractivity contribution in [3.63, 3.8) is 0 Å². The Labute approximate surface area is 180 Å². The van der Waals surface area contributed by atoms with Gasteiger partial charge in [-0.1, -0.05) is 30.3 Å². The molecule has 3 heterocycles. The number of ether oxygens (including phenoxy) is 1. The van der Waals surface area contributed by atoms with E-state index in [-0.39, 0.29) is 0 Å². The summed E-state index contributed by atoms with van der Waals surface area (Å²) >= 11 is 0. The van der Waals surface area contributed by atoms with Crippen LogP contribution in [0.2, 0.25) is 0 Å². The van der Waals surface area contributed by atoms with Crippen LogP contribution in [0.25, 0.3) is 0 Å². The summed E-state index contributed by atoms with van der Waals surface area (Å²) in [6.07, 6.45) is 0.979. The highest BCUT2D eigenvalue weighted by atomic mass is 16.5. The molecule has 2 aromatic rings. The Morgan fingerprint density at radius 3 is 2.43 bits per heavy atom. The zero-order valence-corrected chi connectivity index (χ0v) is 18.5. The first kappa shape index (κ1) is 21.0. The zero-order chi connectivity index (χ0) is 20.9. The van der Waals surface area contributed by atoms with E-state index in [1.165, 1.54) is 16.8 Å². The van der Waals surface area contributed by atoms with Crippen LogP contribution >= 0.6 is 0 Å². The molecular formula is C23H34N6O. The van der Waals surface area contributed by atoms with Crippen molar-refractivity contribution in [3.05, 3.63) is 47.2 Å². The Morgan fingerprint density at radius 2 is 1.73 bits per heavy atom. The van der Waals surface area contributed by atoms with Crippen LogP contribution in [0.3, 0.4) is 0 Å².